The third-order valence-electron chi connectivity index (χ3n) is 2.74. The van der Waals surface area contributed by atoms with Crippen molar-refractivity contribution in [2.24, 2.45) is 0 Å². The lowest BCUT2D eigenvalue weighted by Crippen LogP contribution is -2.00. The van der Waals surface area contributed by atoms with Gasteiger partial charge in [0.2, 0.25) is 0 Å². The van der Waals surface area contributed by atoms with E-state index >= 15 is 0 Å². The first-order chi connectivity index (χ1) is 9.11. The number of carbonyl (C=O) groups is 1. The Hall–Kier alpha value is -2.36. The van der Waals surface area contributed by atoms with Crippen molar-refractivity contribution in [3.8, 4) is 5.75 Å². The fraction of sp³-hybridized carbons (Fsp3) is 0.200. The van der Waals surface area contributed by atoms with Crippen LogP contribution in [0.4, 0.5) is 0 Å². The van der Waals surface area contributed by atoms with E-state index in [1.54, 1.807) is 18.2 Å². The van der Waals surface area contributed by atoms with E-state index in [-0.39, 0.29) is 0 Å². The Morgan fingerprint density at radius 2 is 2.00 bits per heavy atom. The summed E-state index contributed by atoms with van der Waals surface area (Å²) in [6, 6.07) is 6.51. The molecule has 0 aliphatic heterocycles. The maximum absolute atomic E-state index is 11.4. The lowest BCUT2D eigenvalue weighted by molar-refractivity contribution is -0.120. The topological polar surface area (TPSA) is 56.5 Å². The Labute approximate surface area is 110 Å². The van der Waals surface area contributed by atoms with Crippen molar-refractivity contribution in [1.82, 2.24) is 0 Å². The molecule has 0 aliphatic rings. The van der Waals surface area contributed by atoms with Crippen LogP contribution < -0.4 is 10.4 Å². The van der Waals surface area contributed by atoms with Crippen LogP contribution in [0.2, 0.25) is 0 Å². The second kappa shape index (κ2) is 5.52. The number of rotatable bonds is 4. The molecule has 1 aromatic heterocycles. The summed E-state index contributed by atoms with van der Waals surface area (Å²) in [5, 5.41) is 0.801. The van der Waals surface area contributed by atoms with E-state index in [1.807, 2.05) is 19.9 Å². The molecule has 0 unspecified atom stereocenters. The van der Waals surface area contributed by atoms with Gasteiger partial charge in [0, 0.05) is 17.0 Å². The Morgan fingerprint density at radius 1 is 1.26 bits per heavy atom. The van der Waals surface area contributed by atoms with Gasteiger partial charge in [0.15, 0.2) is 0 Å². The normalized spacial score (nSPS) is 10.2. The minimum atomic E-state index is -0.422. The van der Waals surface area contributed by atoms with Gasteiger partial charge in [-0.15, -0.1) is 0 Å². The highest BCUT2D eigenvalue weighted by Gasteiger charge is 2.10. The molecule has 0 radical (unpaired) electrons. The molecule has 0 bridgehead atoms. The van der Waals surface area contributed by atoms with Crippen LogP contribution in [-0.2, 0) is 11.2 Å². The zero-order valence-electron chi connectivity index (χ0n) is 10.8. The van der Waals surface area contributed by atoms with Crippen LogP contribution in [0.15, 0.2) is 45.1 Å². The van der Waals surface area contributed by atoms with Crippen LogP contribution in [0.3, 0.4) is 0 Å². The SMILES string of the molecule is CC(C)=CCc1c(OC=O)ccc2ccc(=O)oc12. The standard InChI is InChI=1S/C15H14O4/c1-10(2)3-6-12-13(18-9-16)7-4-11-5-8-14(17)19-15(11)12/h3-5,7-9H,6H2,1-2H3. The zero-order valence-corrected chi connectivity index (χ0v) is 10.8. The van der Waals surface area contributed by atoms with E-state index in [2.05, 4.69) is 0 Å². The molecule has 1 aromatic carbocycles. The summed E-state index contributed by atoms with van der Waals surface area (Å²) < 4.78 is 10.2. The van der Waals surface area contributed by atoms with Gasteiger partial charge in [-0.2, -0.15) is 0 Å². The van der Waals surface area contributed by atoms with E-state index < -0.39 is 5.63 Å². The second-order valence-electron chi connectivity index (χ2n) is 4.41. The van der Waals surface area contributed by atoms with Crippen LogP contribution in [-0.4, -0.2) is 6.47 Å². The molecule has 98 valence electrons. The molecule has 0 aliphatic carbocycles. The summed E-state index contributed by atoms with van der Waals surface area (Å²) in [6.45, 7) is 4.32. The van der Waals surface area contributed by atoms with Crippen molar-refractivity contribution in [2.45, 2.75) is 20.3 Å². The van der Waals surface area contributed by atoms with Crippen LogP contribution in [0, 0.1) is 0 Å². The first-order valence-corrected chi connectivity index (χ1v) is 5.91. The Morgan fingerprint density at radius 3 is 2.68 bits per heavy atom. The fourth-order valence-corrected chi connectivity index (χ4v) is 1.83. The summed E-state index contributed by atoms with van der Waals surface area (Å²) in [4.78, 5) is 21.9. The van der Waals surface area contributed by atoms with Crippen LogP contribution in [0.1, 0.15) is 19.4 Å². The number of ether oxygens (including phenoxy) is 1. The van der Waals surface area contributed by atoms with Gasteiger partial charge in [0.1, 0.15) is 11.3 Å². The largest absolute Gasteiger partial charge is 0.428 e. The molecule has 0 fully saturated rings. The molecule has 0 atom stereocenters. The quantitative estimate of drug-likeness (QED) is 0.480. The van der Waals surface area contributed by atoms with E-state index in [9.17, 15) is 9.59 Å². The molecule has 2 aromatic rings. The monoisotopic (exact) mass is 258 g/mol. The predicted molar refractivity (Wildman–Crippen MR) is 72.3 cm³/mol. The highest BCUT2D eigenvalue weighted by molar-refractivity contribution is 5.82. The molecule has 2 rings (SSSR count). The molecular formula is C15H14O4. The van der Waals surface area contributed by atoms with Gasteiger partial charge < -0.3 is 9.15 Å². The Kier molecular flexibility index (Phi) is 3.80. The number of hydrogen-bond acceptors (Lipinski definition) is 4. The molecule has 0 N–H and O–H groups in total. The van der Waals surface area contributed by atoms with Gasteiger partial charge in [-0.05, 0) is 38.5 Å². The molecule has 4 heteroatoms. The highest BCUT2D eigenvalue weighted by atomic mass is 16.5. The molecule has 1 heterocycles. The van der Waals surface area contributed by atoms with Gasteiger partial charge >= 0.3 is 5.63 Å². The Balaban J connectivity index is 2.67. The maximum Gasteiger partial charge on any atom is 0.336 e. The molecule has 0 amide bonds. The summed E-state index contributed by atoms with van der Waals surface area (Å²) in [5.41, 5.74) is 1.87. The first kappa shape index (κ1) is 13.1. The molecular weight excluding hydrogens is 244 g/mol. The number of carbonyl (C=O) groups excluding carboxylic acids is 1. The van der Waals surface area contributed by atoms with Gasteiger partial charge in [-0.3, -0.25) is 4.79 Å². The molecule has 0 saturated heterocycles. The molecule has 0 saturated carbocycles. The minimum absolute atomic E-state index is 0.369. The third-order valence-corrected chi connectivity index (χ3v) is 2.74. The van der Waals surface area contributed by atoms with Gasteiger partial charge in [0.25, 0.3) is 6.47 Å². The Bertz CT molecular complexity index is 691. The van der Waals surface area contributed by atoms with Crippen molar-refractivity contribution < 1.29 is 13.9 Å². The fourth-order valence-electron chi connectivity index (χ4n) is 1.83. The van der Waals surface area contributed by atoms with Crippen molar-refractivity contribution in [1.29, 1.82) is 0 Å². The van der Waals surface area contributed by atoms with E-state index in [0.29, 0.717) is 29.8 Å². The molecule has 0 spiro atoms. The summed E-state index contributed by atoms with van der Waals surface area (Å²) >= 11 is 0. The van der Waals surface area contributed by atoms with E-state index in [0.717, 1.165) is 11.0 Å². The van der Waals surface area contributed by atoms with Crippen molar-refractivity contribution in [3.63, 3.8) is 0 Å². The smallest absolute Gasteiger partial charge is 0.336 e. The lowest BCUT2D eigenvalue weighted by atomic mass is 10.1. The van der Waals surface area contributed by atoms with Gasteiger partial charge in [-0.1, -0.05) is 11.6 Å². The summed E-state index contributed by atoms with van der Waals surface area (Å²) in [7, 11) is 0. The molecule has 4 nitrogen and oxygen atoms in total. The predicted octanol–water partition coefficient (Wildman–Crippen LogP) is 2.84. The van der Waals surface area contributed by atoms with E-state index in [4.69, 9.17) is 9.15 Å². The highest BCUT2D eigenvalue weighted by Crippen LogP contribution is 2.28. The third kappa shape index (κ3) is 2.91. The van der Waals surface area contributed by atoms with Crippen molar-refractivity contribution in [2.75, 3.05) is 0 Å². The zero-order chi connectivity index (χ0) is 13.8. The van der Waals surface area contributed by atoms with Crippen LogP contribution in [0.5, 0.6) is 5.75 Å². The second-order valence-corrected chi connectivity index (χ2v) is 4.41. The van der Waals surface area contributed by atoms with Gasteiger partial charge in [-0.25, -0.2) is 4.79 Å². The molecule has 19 heavy (non-hydrogen) atoms. The number of benzene rings is 1. The number of fused-ring (bicyclic) bond motifs is 1. The summed E-state index contributed by atoms with van der Waals surface area (Å²) in [5.74, 6) is 0.411. The first-order valence-electron chi connectivity index (χ1n) is 5.91. The number of hydrogen-bond donors (Lipinski definition) is 0. The summed E-state index contributed by atoms with van der Waals surface area (Å²) in [6.07, 6.45) is 2.52. The maximum atomic E-state index is 11.4. The van der Waals surface area contributed by atoms with E-state index in [1.165, 1.54) is 6.07 Å². The average Bonchev–Trinajstić information content (AvgIpc) is 2.37. The van der Waals surface area contributed by atoms with Gasteiger partial charge in [0.05, 0.1) is 0 Å². The van der Waals surface area contributed by atoms with Crippen molar-refractivity contribution in [3.05, 3.63) is 51.9 Å². The lowest BCUT2D eigenvalue weighted by Gasteiger charge is -2.08. The average molecular weight is 258 g/mol. The van der Waals surface area contributed by atoms with Crippen LogP contribution in [0.25, 0.3) is 11.0 Å². The van der Waals surface area contributed by atoms with Crippen molar-refractivity contribution >= 4 is 17.4 Å². The number of allylic oxidation sites excluding steroid dienone is 2. The van der Waals surface area contributed by atoms with Crippen LogP contribution >= 0.6 is 0 Å². The minimum Gasteiger partial charge on any atom is -0.428 e.